The molecule has 1 aromatic heterocycles. The molecule has 2 atom stereocenters. The van der Waals surface area contributed by atoms with Crippen LogP contribution in [-0.2, 0) is 0 Å². The lowest BCUT2D eigenvalue weighted by atomic mass is 9.82. The molecular formula is C16H28N2O. The molecule has 2 rings (SSSR count). The van der Waals surface area contributed by atoms with E-state index in [1.54, 1.807) is 0 Å². The van der Waals surface area contributed by atoms with Crippen molar-refractivity contribution in [3.8, 4) is 0 Å². The molecule has 1 fully saturated rings. The van der Waals surface area contributed by atoms with Crippen molar-refractivity contribution in [1.82, 2.24) is 4.90 Å². The number of hydrogen-bond acceptors (Lipinski definition) is 3. The fourth-order valence-corrected chi connectivity index (χ4v) is 3.42. The Morgan fingerprint density at radius 1 is 1.37 bits per heavy atom. The van der Waals surface area contributed by atoms with Gasteiger partial charge in [0, 0.05) is 12.6 Å². The van der Waals surface area contributed by atoms with Gasteiger partial charge < -0.3 is 10.2 Å². The molecule has 1 aliphatic rings. The van der Waals surface area contributed by atoms with E-state index in [0.717, 1.165) is 24.6 Å². The molecule has 0 amide bonds. The molecule has 0 saturated carbocycles. The van der Waals surface area contributed by atoms with Gasteiger partial charge in [-0.3, -0.25) is 4.90 Å². The van der Waals surface area contributed by atoms with Gasteiger partial charge in [-0.25, -0.2) is 0 Å². The Hall–Kier alpha value is -0.800. The highest BCUT2D eigenvalue weighted by Gasteiger charge is 2.40. The summed E-state index contributed by atoms with van der Waals surface area (Å²) in [5, 5.41) is 0. The third-order valence-corrected chi connectivity index (χ3v) is 4.91. The zero-order chi connectivity index (χ0) is 14.0. The number of furan rings is 1. The Balaban J connectivity index is 2.18. The molecular weight excluding hydrogens is 236 g/mol. The first kappa shape index (κ1) is 14.6. The van der Waals surface area contributed by atoms with Crippen LogP contribution in [0.4, 0.5) is 0 Å². The standard InChI is InChI=1S/C16H28N2O/c1-5-16(6-2)9-10-18(11-16)15(13(4)17)14-8-7-12(3)19-14/h7-8,13,15H,5-6,9-11,17H2,1-4H3. The Morgan fingerprint density at radius 3 is 2.47 bits per heavy atom. The summed E-state index contributed by atoms with van der Waals surface area (Å²) in [5.41, 5.74) is 6.71. The summed E-state index contributed by atoms with van der Waals surface area (Å²) in [6.07, 6.45) is 3.79. The van der Waals surface area contributed by atoms with Crippen molar-refractivity contribution in [2.45, 2.75) is 59.0 Å². The molecule has 1 saturated heterocycles. The van der Waals surface area contributed by atoms with Gasteiger partial charge in [0.25, 0.3) is 0 Å². The number of likely N-dealkylation sites (tertiary alicyclic amines) is 1. The molecule has 0 bridgehead atoms. The first-order valence-electron chi connectivity index (χ1n) is 7.57. The van der Waals surface area contributed by atoms with E-state index in [2.05, 4.69) is 31.7 Å². The van der Waals surface area contributed by atoms with E-state index in [1.807, 2.05) is 13.0 Å². The van der Waals surface area contributed by atoms with Gasteiger partial charge in [-0.2, -0.15) is 0 Å². The fraction of sp³-hybridized carbons (Fsp3) is 0.750. The molecule has 1 aliphatic heterocycles. The van der Waals surface area contributed by atoms with Crippen molar-refractivity contribution in [1.29, 1.82) is 0 Å². The molecule has 2 heterocycles. The van der Waals surface area contributed by atoms with Crippen LogP contribution in [0.15, 0.2) is 16.5 Å². The molecule has 0 aliphatic carbocycles. The van der Waals surface area contributed by atoms with Gasteiger partial charge in [-0.1, -0.05) is 13.8 Å². The van der Waals surface area contributed by atoms with Crippen molar-refractivity contribution in [2.24, 2.45) is 11.1 Å². The first-order chi connectivity index (χ1) is 9.01. The van der Waals surface area contributed by atoms with Gasteiger partial charge in [-0.15, -0.1) is 0 Å². The summed E-state index contributed by atoms with van der Waals surface area (Å²) < 4.78 is 5.83. The Kier molecular flexibility index (Phi) is 4.36. The zero-order valence-electron chi connectivity index (χ0n) is 12.8. The van der Waals surface area contributed by atoms with Crippen LogP contribution in [0.2, 0.25) is 0 Å². The quantitative estimate of drug-likeness (QED) is 0.885. The smallest absolute Gasteiger partial charge is 0.122 e. The largest absolute Gasteiger partial charge is 0.465 e. The zero-order valence-corrected chi connectivity index (χ0v) is 12.8. The third kappa shape index (κ3) is 2.87. The molecule has 2 N–H and O–H groups in total. The molecule has 0 aromatic carbocycles. The predicted octanol–water partition coefficient (Wildman–Crippen LogP) is 3.49. The van der Waals surface area contributed by atoms with Crippen LogP contribution in [0.3, 0.4) is 0 Å². The number of aryl methyl sites for hydroxylation is 1. The lowest BCUT2D eigenvalue weighted by Gasteiger charge is -2.32. The van der Waals surface area contributed by atoms with Crippen LogP contribution < -0.4 is 5.73 Å². The molecule has 0 radical (unpaired) electrons. The van der Waals surface area contributed by atoms with Crippen LogP contribution in [0, 0.1) is 12.3 Å². The summed E-state index contributed by atoms with van der Waals surface area (Å²) in [5.74, 6) is 1.99. The molecule has 2 unspecified atom stereocenters. The van der Waals surface area contributed by atoms with Gasteiger partial charge in [-0.05, 0) is 57.2 Å². The predicted molar refractivity (Wildman–Crippen MR) is 79.0 cm³/mol. The number of nitrogens with zero attached hydrogens (tertiary/aromatic N) is 1. The maximum atomic E-state index is 6.23. The minimum absolute atomic E-state index is 0.0927. The maximum absolute atomic E-state index is 6.23. The van der Waals surface area contributed by atoms with E-state index in [4.69, 9.17) is 10.2 Å². The van der Waals surface area contributed by atoms with E-state index < -0.39 is 0 Å². The summed E-state index contributed by atoms with van der Waals surface area (Å²) in [6, 6.07) is 4.43. The van der Waals surface area contributed by atoms with Gasteiger partial charge >= 0.3 is 0 Å². The average Bonchev–Trinajstić information content (AvgIpc) is 2.97. The highest BCUT2D eigenvalue weighted by atomic mass is 16.3. The van der Waals surface area contributed by atoms with E-state index in [-0.39, 0.29) is 12.1 Å². The lowest BCUT2D eigenvalue weighted by Crippen LogP contribution is -2.39. The summed E-state index contributed by atoms with van der Waals surface area (Å²) in [7, 11) is 0. The topological polar surface area (TPSA) is 42.4 Å². The van der Waals surface area contributed by atoms with Gasteiger partial charge in [0.1, 0.15) is 11.5 Å². The molecule has 108 valence electrons. The molecule has 1 aromatic rings. The number of rotatable bonds is 5. The van der Waals surface area contributed by atoms with Gasteiger partial charge in [0.2, 0.25) is 0 Å². The minimum Gasteiger partial charge on any atom is -0.465 e. The Bertz CT molecular complexity index is 407. The van der Waals surface area contributed by atoms with Crippen molar-refractivity contribution >= 4 is 0 Å². The molecule has 0 spiro atoms. The van der Waals surface area contributed by atoms with E-state index in [0.29, 0.717) is 5.41 Å². The van der Waals surface area contributed by atoms with Crippen LogP contribution in [0.1, 0.15) is 57.6 Å². The maximum Gasteiger partial charge on any atom is 0.122 e. The summed E-state index contributed by atoms with van der Waals surface area (Å²) in [4.78, 5) is 2.52. The van der Waals surface area contributed by atoms with Gasteiger partial charge in [0.05, 0.1) is 6.04 Å². The van der Waals surface area contributed by atoms with Crippen LogP contribution >= 0.6 is 0 Å². The summed E-state index contributed by atoms with van der Waals surface area (Å²) >= 11 is 0. The molecule has 3 heteroatoms. The normalized spacial score (nSPS) is 22.6. The van der Waals surface area contributed by atoms with E-state index in [9.17, 15) is 0 Å². The van der Waals surface area contributed by atoms with Gasteiger partial charge in [0.15, 0.2) is 0 Å². The number of hydrogen-bond donors (Lipinski definition) is 1. The van der Waals surface area contributed by atoms with E-state index >= 15 is 0 Å². The highest BCUT2D eigenvalue weighted by molar-refractivity contribution is 5.13. The van der Waals surface area contributed by atoms with Crippen molar-refractivity contribution in [2.75, 3.05) is 13.1 Å². The molecule has 19 heavy (non-hydrogen) atoms. The molecule has 3 nitrogen and oxygen atoms in total. The fourth-order valence-electron chi connectivity index (χ4n) is 3.42. The van der Waals surface area contributed by atoms with Crippen molar-refractivity contribution in [3.05, 3.63) is 23.7 Å². The van der Waals surface area contributed by atoms with E-state index in [1.165, 1.54) is 19.3 Å². The Morgan fingerprint density at radius 2 is 2.05 bits per heavy atom. The lowest BCUT2D eigenvalue weighted by molar-refractivity contribution is 0.158. The second-order valence-electron chi connectivity index (χ2n) is 6.18. The monoisotopic (exact) mass is 264 g/mol. The second-order valence-corrected chi connectivity index (χ2v) is 6.18. The first-order valence-corrected chi connectivity index (χ1v) is 7.57. The summed E-state index contributed by atoms with van der Waals surface area (Å²) in [6.45, 7) is 11.0. The van der Waals surface area contributed by atoms with Crippen molar-refractivity contribution < 1.29 is 4.42 Å². The highest BCUT2D eigenvalue weighted by Crippen LogP contribution is 2.41. The Labute approximate surface area is 117 Å². The SMILES string of the molecule is CCC1(CC)CCN(C(c2ccc(C)o2)C(C)N)C1. The van der Waals surface area contributed by atoms with Crippen molar-refractivity contribution in [3.63, 3.8) is 0 Å². The number of nitrogens with two attached hydrogens (primary N) is 1. The van der Waals surface area contributed by atoms with Crippen LogP contribution in [0.25, 0.3) is 0 Å². The van der Waals surface area contributed by atoms with Crippen LogP contribution in [0.5, 0.6) is 0 Å². The average molecular weight is 264 g/mol. The second kappa shape index (κ2) is 5.68. The third-order valence-electron chi connectivity index (χ3n) is 4.91. The minimum atomic E-state index is 0.0927. The van der Waals surface area contributed by atoms with Crippen LogP contribution in [-0.4, -0.2) is 24.0 Å².